The third-order valence-corrected chi connectivity index (χ3v) is 9.16. The summed E-state index contributed by atoms with van der Waals surface area (Å²) in [5, 5.41) is 10.5. The fraction of sp³-hybridized carbons (Fsp3) is 0.415. The largest absolute Gasteiger partial charge is 0.491 e. The van der Waals surface area contributed by atoms with Gasteiger partial charge in [0.2, 0.25) is 0 Å². The molecule has 0 amide bonds. The molecular formula is C41H48O7. The van der Waals surface area contributed by atoms with Crippen LogP contribution >= 0.6 is 0 Å². The van der Waals surface area contributed by atoms with Gasteiger partial charge in [-0.15, -0.1) is 0 Å². The molecule has 2 saturated heterocycles. The number of hydrogen-bond acceptors (Lipinski definition) is 7. The molecule has 0 bridgehead atoms. The van der Waals surface area contributed by atoms with Crippen molar-refractivity contribution in [2.24, 2.45) is 0 Å². The van der Waals surface area contributed by atoms with Crippen molar-refractivity contribution in [3.8, 4) is 11.5 Å². The van der Waals surface area contributed by atoms with Crippen LogP contribution in [0.5, 0.6) is 11.5 Å². The van der Waals surface area contributed by atoms with Crippen LogP contribution in [0, 0.1) is 0 Å². The minimum Gasteiger partial charge on any atom is -0.491 e. The van der Waals surface area contributed by atoms with E-state index in [9.17, 15) is 5.11 Å². The monoisotopic (exact) mass is 652 g/mol. The topological polar surface area (TPSA) is 82.2 Å². The minimum atomic E-state index is -0.733. The molecule has 48 heavy (non-hydrogen) atoms. The van der Waals surface area contributed by atoms with Crippen molar-refractivity contribution in [2.75, 3.05) is 39.6 Å². The second kappa shape index (κ2) is 16.1. The van der Waals surface area contributed by atoms with E-state index in [4.69, 9.17) is 28.4 Å². The average Bonchev–Trinajstić information content (AvgIpc) is 4.06. The zero-order chi connectivity index (χ0) is 33.3. The number of hydrogen-bond donors (Lipinski definition) is 1. The average molecular weight is 653 g/mol. The highest BCUT2D eigenvalue weighted by Crippen LogP contribution is 2.31. The van der Waals surface area contributed by atoms with E-state index in [0.29, 0.717) is 13.2 Å². The maximum atomic E-state index is 10.5. The third-order valence-electron chi connectivity index (χ3n) is 9.16. The van der Waals surface area contributed by atoms with Gasteiger partial charge in [0.15, 0.2) is 0 Å². The van der Waals surface area contributed by atoms with Gasteiger partial charge in [-0.1, -0.05) is 79.7 Å². The molecule has 4 aromatic rings. The SMILES string of the molecule is CCC(C)(OCC1CO1)c1ccc(Cc2ccc(OCC(O)COC(C)c3ccc(Cc4ccc(OCC5CO5)cc4)cc3)cc2)cc1. The van der Waals surface area contributed by atoms with Crippen LogP contribution in [0.4, 0.5) is 0 Å². The molecule has 5 unspecified atom stereocenters. The van der Waals surface area contributed by atoms with Crippen LogP contribution in [0.3, 0.4) is 0 Å². The summed E-state index contributed by atoms with van der Waals surface area (Å²) in [5.41, 5.74) is 6.84. The molecule has 0 aliphatic carbocycles. The first-order chi connectivity index (χ1) is 23.3. The summed E-state index contributed by atoms with van der Waals surface area (Å²) in [6.07, 6.45) is 2.21. The van der Waals surface area contributed by atoms with Crippen LogP contribution in [-0.2, 0) is 37.4 Å². The van der Waals surface area contributed by atoms with E-state index in [0.717, 1.165) is 49.5 Å². The van der Waals surface area contributed by atoms with Gasteiger partial charge in [-0.25, -0.2) is 0 Å². The van der Waals surface area contributed by atoms with Crippen LogP contribution in [0.2, 0.25) is 0 Å². The van der Waals surface area contributed by atoms with Gasteiger partial charge in [0, 0.05) is 0 Å². The van der Waals surface area contributed by atoms with E-state index in [1.165, 1.54) is 27.8 Å². The predicted molar refractivity (Wildman–Crippen MR) is 186 cm³/mol. The van der Waals surface area contributed by atoms with Gasteiger partial charge in [-0.05, 0) is 90.8 Å². The number of aliphatic hydroxyl groups excluding tert-OH is 1. The smallest absolute Gasteiger partial charge is 0.119 e. The molecule has 1 N–H and O–H groups in total. The van der Waals surface area contributed by atoms with Crippen molar-refractivity contribution in [1.82, 2.24) is 0 Å². The highest BCUT2D eigenvalue weighted by atomic mass is 16.6. The summed E-state index contributed by atoms with van der Waals surface area (Å²) < 4.78 is 34.3. The fourth-order valence-corrected chi connectivity index (χ4v) is 5.54. The van der Waals surface area contributed by atoms with Crippen LogP contribution in [-0.4, -0.2) is 63.1 Å². The first-order valence-corrected chi connectivity index (χ1v) is 17.1. The van der Waals surface area contributed by atoms with Crippen molar-refractivity contribution < 1.29 is 33.5 Å². The minimum absolute atomic E-state index is 0.144. The molecule has 0 aromatic heterocycles. The fourth-order valence-electron chi connectivity index (χ4n) is 5.54. The van der Waals surface area contributed by atoms with E-state index in [2.05, 4.69) is 86.6 Å². The first kappa shape index (κ1) is 34.2. The maximum absolute atomic E-state index is 10.5. The van der Waals surface area contributed by atoms with Crippen LogP contribution in [0.1, 0.15) is 66.7 Å². The Hall–Kier alpha value is -3.72. The number of rotatable bonds is 19. The van der Waals surface area contributed by atoms with Crippen molar-refractivity contribution in [3.63, 3.8) is 0 Å². The Morgan fingerprint density at radius 2 is 1.17 bits per heavy atom. The Morgan fingerprint density at radius 3 is 1.69 bits per heavy atom. The van der Waals surface area contributed by atoms with Crippen LogP contribution < -0.4 is 9.47 Å². The molecule has 0 spiro atoms. The zero-order valence-corrected chi connectivity index (χ0v) is 28.3. The Kier molecular flexibility index (Phi) is 11.5. The molecule has 2 fully saturated rings. The standard InChI is InChI=1S/C41H48O7/c1-4-41(3,48-28-40-27-47-40)35-15-7-31(8-16-35)22-33-9-17-37(18-10-33)44-24-36(42)23-43-29(2)34-13-5-30(6-14-34)21-32-11-19-38(20-12-32)45-25-39-26-46-39/h5-20,29,36,39-40,42H,4,21-28H2,1-3H3. The van der Waals surface area contributed by atoms with Gasteiger partial charge in [0.25, 0.3) is 0 Å². The first-order valence-electron chi connectivity index (χ1n) is 17.1. The molecule has 0 radical (unpaired) electrons. The lowest BCUT2D eigenvalue weighted by Crippen LogP contribution is -2.27. The lowest BCUT2D eigenvalue weighted by atomic mass is 9.91. The molecule has 0 saturated carbocycles. The van der Waals surface area contributed by atoms with Gasteiger partial charge in [-0.3, -0.25) is 0 Å². The van der Waals surface area contributed by atoms with Gasteiger partial charge in [-0.2, -0.15) is 0 Å². The van der Waals surface area contributed by atoms with Gasteiger partial charge < -0.3 is 33.5 Å². The predicted octanol–water partition coefficient (Wildman–Crippen LogP) is 7.20. The summed E-state index contributed by atoms with van der Waals surface area (Å²) in [6, 6.07) is 33.4. The van der Waals surface area contributed by atoms with Crippen LogP contribution in [0.25, 0.3) is 0 Å². The lowest BCUT2D eigenvalue weighted by molar-refractivity contribution is -0.0454. The molecule has 5 atom stereocenters. The van der Waals surface area contributed by atoms with Crippen molar-refractivity contribution in [2.45, 2.75) is 70.1 Å². The number of ether oxygens (including phenoxy) is 6. The molecular weight excluding hydrogens is 604 g/mol. The Bertz CT molecular complexity index is 1540. The summed E-state index contributed by atoms with van der Waals surface area (Å²) in [6.45, 7) is 9.52. The second-order valence-electron chi connectivity index (χ2n) is 13.1. The van der Waals surface area contributed by atoms with Crippen molar-refractivity contribution in [3.05, 3.63) is 130 Å². The quantitative estimate of drug-likeness (QED) is 0.107. The zero-order valence-electron chi connectivity index (χ0n) is 28.3. The molecule has 7 heteroatoms. The Morgan fingerprint density at radius 1 is 0.688 bits per heavy atom. The van der Waals surface area contributed by atoms with Crippen molar-refractivity contribution >= 4 is 0 Å². The Labute approximate surface area is 284 Å². The molecule has 254 valence electrons. The van der Waals surface area contributed by atoms with E-state index >= 15 is 0 Å². The molecule has 7 nitrogen and oxygen atoms in total. The molecule has 4 aromatic carbocycles. The highest BCUT2D eigenvalue weighted by molar-refractivity contribution is 5.35. The summed E-state index contributed by atoms with van der Waals surface area (Å²) in [7, 11) is 0. The van der Waals surface area contributed by atoms with Crippen LogP contribution in [0.15, 0.2) is 97.1 Å². The van der Waals surface area contributed by atoms with Gasteiger partial charge >= 0.3 is 0 Å². The number of epoxide rings is 2. The lowest BCUT2D eigenvalue weighted by Gasteiger charge is -2.29. The summed E-state index contributed by atoms with van der Waals surface area (Å²) in [5.74, 6) is 1.60. The highest BCUT2D eigenvalue weighted by Gasteiger charge is 2.30. The van der Waals surface area contributed by atoms with Gasteiger partial charge in [0.05, 0.1) is 38.1 Å². The normalized spacial score (nSPS) is 19.2. The number of aliphatic hydroxyl groups is 1. The van der Waals surface area contributed by atoms with E-state index in [1.54, 1.807) is 0 Å². The molecule has 2 heterocycles. The van der Waals surface area contributed by atoms with E-state index in [-0.39, 0.29) is 37.1 Å². The van der Waals surface area contributed by atoms with Crippen molar-refractivity contribution in [1.29, 1.82) is 0 Å². The molecule has 2 aliphatic rings. The second-order valence-corrected chi connectivity index (χ2v) is 13.1. The Balaban J connectivity index is 0.894. The van der Waals surface area contributed by atoms with Gasteiger partial charge in [0.1, 0.15) is 43.0 Å². The third kappa shape index (κ3) is 10.1. The summed E-state index contributed by atoms with van der Waals surface area (Å²) >= 11 is 0. The maximum Gasteiger partial charge on any atom is 0.119 e. The molecule has 6 rings (SSSR count). The number of benzene rings is 4. The molecule has 2 aliphatic heterocycles. The van der Waals surface area contributed by atoms with E-state index in [1.807, 2.05) is 31.2 Å². The summed E-state index contributed by atoms with van der Waals surface area (Å²) in [4.78, 5) is 0. The van der Waals surface area contributed by atoms with E-state index < -0.39 is 6.10 Å².